The van der Waals surface area contributed by atoms with Crippen molar-refractivity contribution in [3.63, 3.8) is 0 Å². The number of carbonyl (C=O) groups is 1. The molecular formula is C31H27BrN2O4S. The van der Waals surface area contributed by atoms with Crippen molar-refractivity contribution < 1.29 is 14.3 Å². The highest BCUT2D eigenvalue weighted by Gasteiger charge is 2.35. The standard InChI is InChI=1S/C31H27BrN2O4S/c1-4-37-30(36)26-27(21-11-7-5-8-12-21)33-31-34(28(26)22-13-9-6-10-14-22)29(35)25(39-31)18-20-15-16-24(23(32)17-20)38-19(2)3/h5-19,28H,4H2,1-3H3/b25-18-/t28-/m0/s1. The summed E-state index contributed by atoms with van der Waals surface area (Å²) in [7, 11) is 0. The molecule has 0 amide bonds. The molecule has 0 bridgehead atoms. The molecule has 6 nitrogen and oxygen atoms in total. The summed E-state index contributed by atoms with van der Waals surface area (Å²) >= 11 is 4.87. The molecule has 8 heteroatoms. The maximum absolute atomic E-state index is 13.9. The lowest BCUT2D eigenvalue weighted by Crippen LogP contribution is -2.39. The maximum atomic E-state index is 13.9. The molecule has 0 aliphatic carbocycles. The van der Waals surface area contributed by atoms with Crippen LogP contribution in [0.4, 0.5) is 0 Å². The van der Waals surface area contributed by atoms with Gasteiger partial charge >= 0.3 is 5.97 Å². The topological polar surface area (TPSA) is 69.9 Å². The zero-order valence-corrected chi connectivity index (χ0v) is 24.2. The van der Waals surface area contributed by atoms with Crippen LogP contribution in [0, 0.1) is 0 Å². The molecule has 1 aliphatic rings. The van der Waals surface area contributed by atoms with Gasteiger partial charge in [0.1, 0.15) is 5.75 Å². The van der Waals surface area contributed by atoms with Gasteiger partial charge in [-0.05, 0) is 66.0 Å². The predicted octanol–water partition coefficient (Wildman–Crippen LogP) is 5.49. The Labute approximate surface area is 238 Å². The highest BCUT2D eigenvalue weighted by Crippen LogP contribution is 2.35. The number of benzene rings is 3. The quantitative estimate of drug-likeness (QED) is 0.262. The minimum absolute atomic E-state index is 0.0428. The lowest BCUT2D eigenvalue weighted by Gasteiger charge is -2.25. The largest absolute Gasteiger partial charge is 0.490 e. The lowest BCUT2D eigenvalue weighted by atomic mass is 9.93. The van der Waals surface area contributed by atoms with Crippen LogP contribution in [0.5, 0.6) is 5.75 Å². The van der Waals surface area contributed by atoms with Crippen molar-refractivity contribution in [3.8, 4) is 5.75 Å². The zero-order valence-electron chi connectivity index (χ0n) is 21.8. The SMILES string of the molecule is CCOC(=O)C1=C(c2ccccc2)N=c2s/c(=C\c3ccc(OC(C)C)c(Br)c3)c(=O)n2[C@H]1c1ccccc1. The third kappa shape index (κ3) is 5.53. The average Bonchev–Trinajstić information content (AvgIpc) is 3.24. The monoisotopic (exact) mass is 602 g/mol. The number of aromatic nitrogens is 1. The molecular weight excluding hydrogens is 576 g/mol. The fraction of sp³-hybridized carbons (Fsp3) is 0.194. The van der Waals surface area contributed by atoms with Gasteiger partial charge in [-0.15, -0.1) is 0 Å². The Morgan fingerprint density at radius 2 is 1.77 bits per heavy atom. The van der Waals surface area contributed by atoms with Gasteiger partial charge in [-0.3, -0.25) is 9.36 Å². The van der Waals surface area contributed by atoms with Crippen molar-refractivity contribution in [1.29, 1.82) is 0 Å². The first kappa shape index (κ1) is 26.8. The number of thiazole rings is 1. The molecule has 2 heterocycles. The lowest BCUT2D eigenvalue weighted by molar-refractivity contribution is -0.138. The molecule has 39 heavy (non-hydrogen) atoms. The fourth-order valence-corrected chi connectivity index (χ4v) is 5.99. The second-order valence-electron chi connectivity index (χ2n) is 9.20. The molecule has 198 valence electrons. The average molecular weight is 604 g/mol. The molecule has 0 radical (unpaired) electrons. The summed E-state index contributed by atoms with van der Waals surface area (Å²) in [6.45, 7) is 5.92. The Bertz CT molecular complexity index is 1720. The molecule has 0 saturated heterocycles. The van der Waals surface area contributed by atoms with E-state index in [0.717, 1.165) is 26.9 Å². The number of hydrogen-bond acceptors (Lipinski definition) is 6. The summed E-state index contributed by atoms with van der Waals surface area (Å²) in [5, 5.41) is 0. The highest BCUT2D eigenvalue weighted by atomic mass is 79.9. The van der Waals surface area contributed by atoms with E-state index in [-0.39, 0.29) is 18.3 Å². The van der Waals surface area contributed by atoms with Crippen LogP contribution in [-0.2, 0) is 9.53 Å². The summed E-state index contributed by atoms with van der Waals surface area (Å²) in [4.78, 5) is 32.8. The third-order valence-electron chi connectivity index (χ3n) is 6.11. The van der Waals surface area contributed by atoms with E-state index in [0.29, 0.717) is 20.6 Å². The molecule has 0 unspecified atom stereocenters. The van der Waals surface area contributed by atoms with E-state index >= 15 is 0 Å². The van der Waals surface area contributed by atoms with Gasteiger partial charge in [-0.2, -0.15) is 0 Å². The molecule has 1 aromatic heterocycles. The Morgan fingerprint density at radius 3 is 2.41 bits per heavy atom. The number of nitrogens with zero attached hydrogens (tertiary/aromatic N) is 2. The van der Waals surface area contributed by atoms with E-state index in [1.165, 1.54) is 11.3 Å². The normalized spacial score (nSPS) is 15.2. The second kappa shape index (κ2) is 11.6. The summed E-state index contributed by atoms with van der Waals surface area (Å²) in [5.41, 5.74) is 3.05. The van der Waals surface area contributed by atoms with Crippen molar-refractivity contribution >= 4 is 45.0 Å². The number of carbonyl (C=O) groups excluding carboxylic acids is 1. The first-order valence-corrected chi connectivity index (χ1v) is 14.3. The number of fused-ring (bicyclic) bond motifs is 1. The van der Waals surface area contributed by atoms with Gasteiger partial charge in [0.25, 0.3) is 5.56 Å². The number of ether oxygens (including phenoxy) is 2. The van der Waals surface area contributed by atoms with E-state index in [1.807, 2.05) is 98.8 Å². The summed E-state index contributed by atoms with van der Waals surface area (Å²) in [5.74, 6) is 0.243. The fourth-order valence-electron chi connectivity index (χ4n) is 4.50. The second-order valence-corrected chi connectivity index (χ2v) is 11.1. The Morgan fingerprint density at radius 1 is 1.08 bits per heavy atom. The highest BCUT2D eigenvalue weighted by molar-refractivity contribution is 9.10. The van der Waals surface area contributed by atoms with Crippen molar-refractivity contribution in [2.45, 2.75) is 32.9 Å². The molecule has 5 rings (SSSR count). The molecule has 1 aliphatic heterocycles. The zero-order chi connectivity index (χ0) is 27.5. The van der Waals surface area contributed by atoms with Crippen molar-refractivity contribution in [2.24, 2.45) is 4.99 Å². The number of rotatable bonds is 7. The Balaban J connectivity index is 1.74. The van der Waals surface area contributed by atoms with Gasteiger partial charge in [-0.25, -0.2) is 9.79 Å². The number of hydrogen-bond donors (Lipinski definition) is 0. The van der Waals surface area contributed by atoms with Gasteiger partial charge in [0.2, 0.25) is 0 Å². The summed E-state index contributed by atoms with van der Waals surface area (Å²) in [6, 6.07) is 24.1. The Kier molecular flexibility index (Phi) is 7.95. The van der Waals surface area contributed by atoms with Gasteiger partial charge < -0.3 is 9.47 Å². The van der Waals surface area contributed by atoms with Crippen LogP contribution in [0.25, 0.3) is 11.8 Å². The number of halogens is 1. The van der Waals surface area contributed by atoms with Gasteiger partial charge in [0, 0.05) is 5.56 Å². The smallest absolute Gasteiger partial charge is 0.338 e. The predicted molar refractivity (Wildman–Crippen MR) is 157 cm³/mol. The van der Waals surface area contributed by atoms with Crippen LogP contribution in [0.3, 0.4) is 0 Å². The minimum Gasteiger partial charge on any atom is -0.490 e. The van der Waals surface area contributed by atoms with E-state index in [2.05, 4.69) is 15.9 Å². The molecule has 1 atom stereocenters. The molecule has 4 aromatic rings. The summed E-state index contributed by atoms with van der Waals surface area (Å²) < 4.78 is 14.2. The van der Waals surface area contributed by atoms with E-state index in [9.17, 15) is 9.59 Å². The van der Waals surface area contributed by atoms with Crippen molar-refractivity contribution in [2.75, 3.05) is 6.61 Å². The molecule has 0 N–H and O–H groups in total. The minimum atomic E-state index is -0.688. The van der Waals surface area contributed by atoms with Crippen LogP contribution in [0.1, 0.15) is 43.5 Å². The van der Waals surface area contributed by atoms with E-state index < -0.39 is 12.0 Å². The van der Waals surface area contributed by atoms with E-state index in [4.69, 9.17) is 14.5 Å². The molecule has 0 saturated carbocycles. The molecule has 3 aromatic carbocycles. The first-order valence-electron chi connectivity index (χ1n) is 12.7. The number of esters is 1. The van der Waals surface area contributed by atoms with E-state index in [1.54, 1.807) is 11.5 Å². The van der Waals surface area contributed by atoms with Crippen LogP contribution < -0.4 is 19.6 Å². The van der Waals surface area contributed by atoms with Crippen molar-refractivity contribution in [1.82, 2.24) is 4.57 Å². The first-order chi connectivity index (χ1) is 18.9. The third-order valence-corrected chi connectivity index (χ3v) is 7.71. The van der Waals surface area contributed by atoms with Crippen LogP contribution >= 0.6 is 27.3 Å². The molecule has 0 spiro atoms. The van der Waals surface area contributed by atoms with Crippen LogP contribution in [0.2, 0.25) is 0 Å². The van der Waals surface area contributed by atoms with Gasteiger partial charge in [-0.1, -0.05) is 78.1 Å². The van der Waals surface area contributed by atoms with Gasteiger partial charge in [0.05, 0.1) is 39.0 Å². The van der Waals surface area contributed by atoms with Crippen molar-refractivity contribution in [3.05, 3.63) is 125 Å². The van der Waals surface area contributed by atoms with Gasteiger partial charge in [0.15, 0.2) is 4.80 Å². The Hall–Kier alpha value is -3.75. The maximum Gasteiger partial charge on any atom is 0.338 e. The molecule has 0 fully saturated rings. The van der Waals surface area contributed by atoms with Crippen LogP contribution in [-0.4, -0.2) is 23.2 Å². The van der Waals surface area contributed by atoms with Crippen LogP contribution in [0.15, 0.2) is 98.7 Å². The summed E-state index contributed by atoms with van der Waals surface area (Å²) in [6.07, 6.45) is 1.88.